The van der Waals surface area contributed by atoms with Crippen molar-refractivity contribution in [3.8, 4) is 11.1 Å². The smallest absolute Gasteiger partial charge is 0.306 e. The summed E-state index contributed by atoms with van der Waals surface area (Å²) in [6.07, 6.45) is 5.63. The maximum atomic E-state index is 13.8. The van der Waals surface area contributed by atoms with Gasteiger partial charge in [0, 0.05) is 16.3 Å². The first kappa shape index (κ1) is 21.3. The van der Waals surface area contributed by atoms with E-state index in [0.29, 0.717) is 19.3 Å². The molecule has 2 N–H and O–H groups in total. The number of hydrogen-bond acceptors (Lipinski definition) is 3. The summed E-state index contributed by atoms with van der Waals surface area (Å²) in [5.74, 6) is -1.20. The molecule has 168 valence electrons. The summed E-state index contributed by atoms with van der Waals surface area (Å²) in [7, 11) is 0. The van der Waals surface area contributed by atoms with Crippen LogP contribution in [0.2, 0.25) is 0 Å². The molecule has 6 heteroatoms. The second kappa shape index (κ2) is 8.10. The Balaban J connectivity index is 1.86. The highest BCUT2D eigenvalue weighted by atomic mass is 19.1. The van der Waals surface area contributed by atoms with Crippen LogP contribution in [0.25, 0.3) is 38.5 Å². The molecule has 4 aromatic rings. The zero-order valence-electron chi connectivity index (χ0n) is 18.9. The maximum absolute atomic E-state index is 13.8. The van der Waals surface area contributed by atoms with Crippen LogP contribution in [-0.4, -0.2) is 26.3 Å². The Hall–Kier alpha value is -3.54. The molecule has 1 atom stereocenters. The maximum Gasteiger partial charge on any atom is 0.306 e. The molecule has 0 amide bonds. The third kappa shape index (κ3) is 3.59. The Morgan fingerprint density at radius 2 is 2.00 bits per heavy atom. The predicted molar refractivity (Wildman–Crippen MR) is 129 cm³/mol. The highest BCUT2D eigenvalue weighted by Gasteiger charge is 2.27. The van der Waals surface area contributed by atoms with Crippen molar-refractivity contribution >= 4 is 33.3 Å². The number of halogens is 1. The molecule has 0 saturated carbocycles. The van der Waals surface area contributed by atoms with E-state index in [9.17, 15) is 14.3 Å². The first-order valence-corrected chi connectivity index (χ1v) is 11.3. The number of carboxylic acid groups (broad SMARTS) is 1. The molecule has 0 aliphatic heterocycles. The summed E-state index contributed by atoms with van der Waals surface area (Å²) in [4.78, 5) is 16.7. The molecular formula is C27H26FN3O2. The summed E-state index contributed by atoms with van der Waals surface area (Å²) < 4.78 is 13.8. The van der Waals surface area contributed by atoms with E-state index in [2.05, 4.69) is 30.1 Å². The van der Waals surface area contributed by atoms with Crippen LogP contribution in [0, 0.1) is 18.7 Å². The minimum Gasteiger partial charge on any atom is -0.481 e. The summed E-state index contributed by atoms with van der Waals surface area (Å²) in [5, 5.41) is 18.8. The number of nitrogens with one attached hydrogen (secondary N) is 1. The van der Waals surface area contributed by atoms with Crippen LogP contribution in [0.15, 0.2) is 42.6 Å². The number of pyridine rings is 1. The Kier molecular flexibility index (Phi) is 5.23. The average Bonchev–Trinajstić information content (AvgIpc) is 3.28. The summed E-state index contributed by atoms with van der Waals surface area (Å²) in [6.45, 7) is 6.33. The van der Waals surface area contributed by atoms with Gasteiger partial charge < -0.3 is 5.11 Å². The van der Waals surface area contributed by atoms with Gasteiger partial charge >= 0.3 is 5.97 Å². The van der Waals surface area contributed by atoms with Crippen LogP contribution in [0.4, 0.5) is 4.39 Å². The number of aliphatic carboxylic acids is 1. The van der Waals surface area contributed by atoms with E-state index < -0.39 is 5.97 Å². The van der Waals surface area contributed by atoms with Crippen LogP contribution in [0.3, 0.4) is 0 Å². The minimum atomic E-state index is -0.745. The second-order valence-corrected chi connectivity index (χ2v) is 9.18. The number of carboxylic acids is 1. The monoisotopic (exact) mass is 443 g/mol. The zero-order valence-corrected chi connectivity index (χ0v) is 18.9. The number of aryl methyl sites for hydroxylation is 1. The van der Waals surface area contributed by atoms with Crippen molar-refractivity contribution in [3.05, 3.63) is 65.2 Å². The molecular weight excluding hydrogens is 417 g/mol. The summed E-state index contributed by atoms with van der Waals surface area (Å²) >= 11 is 0. The molecule has 0 spiro atoms. The number of aromatic nitrogens is 3. The molecule has 2 aromatic carbocycles. The fourth-order valence-corrected chi connectivity index (χ4v) is 5.03. The second-order valence-electron chi connectivity index (χ2n) is 9.18. The molecule has 1 aliphatic rings. The van der Waals surface area contributed by atoms with Gasteiger partial charge in [-0.2, -0.15) is 5.10 Å². The average molecular weight is 444 g/mol. The number of benzene rings is 2. The van der Waals surface area contributed by atoms with E-state index in [1.54, 1.807) is 0 Å². The van der Waals surface area contributed by atoms with Crippen molar-refractivity contribution in [1.82, 2.24) is 15.2 Å². The molecule has 5 nitrogen and oxygen atoms in total. The van der Waals surface area contributed by atoms with Gasteiger partial charge in [-0.25, -0.2) is 9.37 Å². The van der Waals surface area contributed by atoms with E-state index >= 15 is 0 Å². The first-order valence-electron chi connectivity index (χ1n) is 11.3. The molecule has 2 heterocycles. The standard InChI is InChI=1S/C27H26FN3O2/c1-14(2)22-23(16-8-10-20(28)11-9-16)21-12-19-13-29-31-24(19)15(3)25(21)30-26(22)17-4-6-18(7-5-17)27(32)33/h4,8-14,18H,5-7H2,1-3H3,(H,29,31)(H,32,33). The van der Waals surface area contributed by atoms with Crippen molar-refractivity contribution in [2.45, 2.75) is 46.0 Å². The quantitative estimate of drug-likeness (QED) is 0.372. The number of fused-ring (bicyclic) bond motifs is 2. The number of H-pyrrole nitrogens is 1. The fourth-order valence-electron chi connectivity index (χ4n) is 5.03. The normalized spacial score (nSPS) is 16.5. The Bertz CT molecular complexity index is 1420. The Labute approximate surface area is 191 Å². The van der Waals surface area contributed by atoms with Gasteiger partial charge in [0.05, 0.1) is 28.8 Å². The van der Waals surface area contributed by atoms with E-state index in [-0.39, 0.29) is 17.7 Å². The molecule has 0 fully saturated rings. The number of allylic oxidation sites excluding steroid dienone is 2. The number of rotatable bonds is 4. The molecule has 2 aromatic heterocycles. The fraction of sp³-hybridized carbons (Fsp3) is 0.296. The van der Waals surface area contributed by atoms with Gasteiger partial charge in [-0.15, -0.1) is 0 Å². The van der Waals surface area contributed by atoms with Crippen LogP contribution in [0.5, 0.6) is 0 Å². The lowest BCUT2D eigenvalue weighted by Crippen LogP contribution is -2.16. The van der Waals surface area contributed by atoms with Gasteiger partial charge in [0.15, 0.2) is 0 Å². The van der Waals surface area contributed by atoms with Crippen LogP contribution >= 0.6 is 0 Å². The lowest BCUT2D eigenvalue weighted by atomic mass is 9.81. The van der Waals surface area contributed by atoms with Gasteiger partial charge in [0.1, 0.15) is 5.82 Å². The highest BCUT2D eigenvalue weighted by Crippen LogP contribution is 2.43. The summed E-state index contributed by atoms with van der Waals surface area (Å²) in [5.41, 5.74) is 7.95. The van der Waals surface area contributed by atoms with E-state index in [0.717, 1.165) is 55.3 Å². The molecule has 0 bridgehead atoms. The molecule has 33 heavy (non-hydrogen) atoms. The van der Waals surface area contributed by atoms with Gasteiger partial charge in [-0.3, -0.25) is 9.89 Å². The van der Waals surface area contributed by atoms with Crippen molar-refractivity contribution < 1.29 is 14.3 Å². The Morgan fingerprint density at radius 1 is 1.24 bits per heavy atom. The minimum absolute atomic E-state index is 0.162. The van der Waals surface area contributed by atoms with E-state index in [1.807, 2.05) is 31.3 Å². The predicted octanol–water partition coefficient (Wildman–Crippen LogP) is 6.62. The van der Waals surface area contributed by atoms with Gasteiger partial charge in [-0.05, 0) is 72.6 Å². The van der Waals surface area contributed by atoms with Crippen molar-refractivity contribution in [3.63, 3.8) is 0 Å². The largest absolute Gasteiger partial charge is 0.481 e. The van der Waals surface area contributed by atoms with Crippen molar-refractivity contribution in [1.29, 1.82) is 0 Å². The lowest BCUT2D eigenvalue weighted by Gasteiger charge is -2.25. The number of nitrogens with zero attached hydrogens (tertiary/aromatic N) is 2. The molecule has 0 saturated heterocycles. The van der Waals surface area contributed by atoms with Gasteiger partial charge in [0.25, 0.3) is 0 Å². The van der Waals surface area contributed by atoms with Crippen molar-refractivity contribution in [2.75, 3.05) is 0 Å². The Morgan fingerprint density at radius 3 is 2.64 bits per heavy atom. The molecule has 0 radical (unpaired) electrons. The van der Waals surface area contributed by atoms with Crippen LogP contribution < -0.4 is 0 Å². The van der Waals surface area contributed by atoms with Crippen LogP contribution in [0.1, 0.15) is 55.8 Å². The number of hydrogen-bond donors (Lipinski definition) is 2. The van der Waals surface area contributed by atoms with E-state index in [4.69, 9.17) is 4.98 Å². The zero-order chi connectivity index (χ0) is 23.3. The number of aromatic amines is 1. The van der Waals surface area contributed by atoms with Gasteiger partial charge in [0.2, 0.25) is 0 Å². The van der Waals surface area contributed by atoms with E-state index in [1.165, 1.54) is 12.1 Å². The summed E-state index contributed by atoms with van der Waals surface area (Å²) in [6, 6.07) is 8.74. The molecule has 5 rings (SSSR count). The highest BCUT2D eigenvalue weighted by molar-refractivity contribution is 6.07. The first-order chi connectivity index (χ1) is 15.8. The third-order valence-corrected chi connectivity index (χ3v) is 6.75. The lowest BCUT2D eigenvalue weighted by molar-refractivity contribution is -0.141. The van der Waals surface area contributed by atoms with Crippen molar-refractivity contribution in [2.24, 2.45) is 5.92 Å². The van der Waals surface area contributed by atoms with Gasteiger partial charge in [-0.1, -0.05) is 32.1 Å². The number of carbonyl (C=O) groups is 1. The third-order valence-electron chi connectivity index (χ3n) is 6.75. The SMILES string of the molecule is Cc1c2nc(C3=CCC(C(=O)O)CC3)c(C(C)C)c(-c3ccc(F)cc3)c2cc2cn[nH]c12. The molecule has 1 aliphatic carbocycles. The van der Waals surface area contributed by atoms with Crippen LogP contribution in [-0.2, 0) is 4.79 Å². The molecule has 1 unspecified atom stereocenters. The topological polar surface area (TPSA) is 78.9 Å².